The van der Waals surface area contributed by atoms with E-state index in [1.54, 1.807) is 18.2 Å². The molecule has 4 aliphatic rings. The van der Waals surface area contributed by atoms with Gasteiger partial charge in [0.25, 0.3) is 11.8 Å². The van der Waals surface area contributed by atoms with Gasteiger partial charge in [-0.1, -0.05) is 6.07 Å². The molecule has 3 aromatic rings. The van der Waals surface area contributed by atoms with Crippen molar-refractivity contribution in [2.24, 2.45) is 5.41 Å². The molecular weight excluding hydrogens is 496 g/mol. The third-order valence-corrected chi connectivity index (χ3v) is 8.18. The number of alkyl halides is 1. The summed E-state index contributed by atoms with van der Waals surface area (Å²) in [7, 11) is 0. The lowest BCUT2D eigenvalue weighted by Gasteiger charge is -2.49. The van der Waals surface area contributed by atoms with Gasteiger partial charge in [-0.3, -0.25) is 14.4 Å². The van der Waals surface area contributed by atoms with Gasteiger partial charge in [0.05, 0.1) is 6.20 Å². The van der Waals surface area contributed by atoms with Crippen LogP contribution in [0.4, 0.5) is 8.78 Å². The summed E-state index contributed by atoms with van der Waals surface area (Å²) in [6.45, 7) is 0.564. The molecule has 0 unspecified atom stereocenters. The summed E-state index contributed by atoms with van der Waals surface area (Å²) in [6.07, 6.45) is 4.86. The molecule has 3 saturated carbocycles. The van der Waals surface area contributed by atoms with Crippen molar-refractivity contribution in [3.63, 3.8) is 0 Å². The van der Waals surface area contributed by atoms with Crippen LogP contribution in [0.5, 0.6) is 5.75 Å². The van der Waals surface area contributed by atoms with E-state index in [0.717, 1.165) is 21.8 Å². The lowest BCUT2D eigenvalue weighted by atomic mass is 9.59. The molecule has 2 amide bonds. The fourth-order valence-corrected chi connectivity index (χ4v) is 5.77. The SMILES string of the molecule is O=C1COc2ccc(CNC(=O)c3cc(C(=O)NCC45CCC(F)(CC4)CC5)n4ncc(F)c4n3)cc2C1. The van der Waals surface area contributed by atoms with Gasteiger partial charge in [-0.05, 0) is 61.6 Å². The normalized spacial score (nSPS) is 24.1. The van der Waals surface area contributed by atoms with Crippen LogP contribution in [0.15, 0.2) is 30.5 Å². The van der Waals surface area contributed by atoms with Gasteiger partial charge in [0, 0.05) is 31.1 Å². The zero-order valence-corrected chi connectivity index (χ0v) is 20.7. The summed E-state index contributed by atoms with van der Waals surface area (Å²) in [5, 5.41) is 9.58. The van der Waals surface area contributed by atoms with Gasteiger partial charge < -0.3 is 15.4 Å². The van der Waals surface area contributed by atoms with Crippen molar-refractivity contribution in [1.29, 1.82) is 0 Å². The highest BCUT2D eigenvalue weighted by Crippen LogP contribution is 2.53. The predicted molar refractivity (Wildman–Crippen MR) is 131 cm³/mol. The molecule has 3 heterocycles. The number of carbonyl (C=O) groups is 3. The molecule has 2 aromatic heterocycles. The van der Waals surface area contributed by atoms with E-state index in [2.05, 4.69) is 20.7 Å². The number of amides is 2. The molecule has 7 rings (SSSR count). The molecule has 0 radical (unpaired) electrons. The number of aromatic nitrogens is 3. The standard InChI is InChI=1S/C27H27F2N5O4/c28-19-13-32-34-21(25(37)31-15-26-3-6-27(29,7-4-26)8-5-26)11-20(33-23(19)34)24(36)30-12-16-1-2-22-17(9-16)10-18(35)14-38-22/h1-2,9,11,13H,3-8,10,12,14-15H2,(H,30,36)(H,31,37). The van der Waals surface area contributed by atoms with Crippen LogP contribution in [0.2, 0.25) is 0 Å². The monoisotopic (exact) mass is 523 g/mol. The van der Waals surface area contributed by atoms with Crippen molar-refractivity contribution in [2.75, 3.05) is 13.2 Å². The Morgan fingerprint density at radius 1 is 1.05 bits per heavy atom. The number of rotatable bonds is 6. The minimum Gasteiger partial charge on any atom is -0.486 e. The van der Waals surface area contributed by atoms with E-state index in [9.17, 15) is 23.2 Å². The summed E-state index contributed by atoms with van der Waals surface area (Å²) in [4.78, 5) is 41.9. The largest absolute Gasteiger partial charge is 0.486 e. The zero-order valence-electron chi connectivity index (χ0n) is 20.7. The van der Waals surface area contributed by atoms with E-state index < -0.39 is 23.3 Å². The van der Waals surface area contributed by atoms with Crippen LogP contribution in [0.25, 0.3) is 5.65 Å². The summed E-state index contributed by atoms with van der Waals surface area (Å²) >= 11 is 0. The number of halogens is 2. The molecular formula is C27H27F2N5O4. The van der Waals surface area contributed by atoms with Crippen LogP contribution in [-0.2, 0) is 17.8 Å². The Kier molecular flexibility index (Phi) is 5.88. The molecule has 3 fully saturated rings. The highest BCUT2D eigenvalue weighted by molar-refractivity contribution is 5.98. The number of Topliss-reactive ketones (excluding diaryl/α,β-unsaturated/α-hetero) is 1. The Labute approximate surface area is 216 Å². The molecule has 0 spiro atoms. The van der Waals surface area contributed by atoms with Gasteiger partial charge in [-0.25, -0.2) is 18.3 Å². The van der Waals surface area contributed by atoms with Gasteiger partial charge in [0.1, 0.15) is 29.4 Å². The minimum atomic E-state index is -1.07. The molecule has 3 aliphatic carbocycles. The first kappa shape index (κ1) is 24.4. The van der Waals surface area contributed by atoms with Crippen molar-refractivity contribution in [1.82, 2.24) is 25.2 Å². The van der Waals surface area contributed by atoms with Crippen molar-refractivity contribution >= 4 is 23.2 Å². The van der Waals surface area contributed by atoms with Crippen LogP contribution in [-0.4, -0.2) is 51.0 Å². The third-order valence-electron chi connectivity index (χ3n) is 8.18. The summed E-state index contributed by atoms with van der Waals surface area (Å²) in [5.74, 6) is -1.24. The van der Waals surface area contributed by atoms with Crippen LogP contribution >= 0.6 is 0 Å². The topological polar surface area (TPSA) is 115 Å². The zero-order chi connectivity index (χ0) is 26.5. The van der Waals surface area contributed by atoms with Gasteiger partial charge in [-0.2, -0.15) is 5.10 Å². The minimum absolute atomic E-state index is 0.0173. The Bertz CT molecular complexity index is 1440. The Balaban J connectivity index is 1.18. The molecule has 9 nitrogen and oxygen atoms in total. The molecule has 38 heavy (non-hydrogen) atoms. The van der Waals surface area contributed by atoms with Gasteiger partial charge >= 0.3 is 0 Å². The van der Waals surface area contributed by atoms with E-state index in [1.165, 1.54) is 6.07 Å². The first-order valence-electron chi connectivity index (χ1n) is 12.8. The first-order valence-corrected chi connectivity index (χ1v) is 12.8. The number of fused-ring (bicyclic) bond motifs is 5. The fraction of sp³-hybridized carbons (Fsp3) is 0.444. The van der Waals surface area contributed by atoms with Crippen LogP contribution in [0.3, 0.4) is 0 Å². The summed E-state index contributed by atoms with van der Waals surface area (Å²) < 4.78 is 35.4. The second-order valence-electron chi connectivity index (χ2n) is 10.7. The first-order chi connectivity index (χ1) is 18.2. The van der Waals surface area contributed by atoms with Crippen molar-refractivity contribution in [3.8, 4) is 5.75 Å². The number of hydrogen-bond donors (Lipinski definition) is 2. The number of ether oxygens (including phenoxy) is 1. The highest BCUT2D eigenvalue weighted by atomic mass is 19.1. The van der Waals surface area contributed by atoms with E-state index in [4.69, 9.17) is 4.74 Å². The van der Waals surface area contributed by atoms with Gasteiger partial charge in [0.15, 0.2) is 17.2 Å². The van der Waals surface area contributed by atoms with Gasteiger partial charge in [-0.15, -0.1) is 0 Å². The second-order valence-corrected chi connectivity index (χ2v) is 10.7. The van der Waals surface area contributed by atoms with Crippen molar-refractivity contribution in [2.45, 2.75) is 57.2 Å². The Hall–Kier alpha value is -3.89. The number of nitrogens with zero attached hydrogens (tertiary/aromatic N) is 3. The molecule has 2 N–H and O–H groups in total. The van der Waals surface area contributed by atoms with Crippen molar-refractivity contribution in [3.05, 3.63) is 58.8 Å². The predicted octanol–water partition coefficient (Wildman–Crippen LogP) is 3.09. The second kappa shape index (κ2) is 9.14. The Morgan fingerprint density at radius 2 is 1.82 bits per heavy atom. The number of benzene rings is 1. The molecule has 11 heteroatoms. The lowest BCUT2D eigenvalue weighted by Crippen LogP contribution is -2.48. The van der Waals surface area contributed by atoms with E-state index >= 15 is 0 Å². The maximum absolute atomic E-state index is 14.5. The Morgan fingerprint density at radius 3 is 2.58 bits per heavy atom. The maximum Gasteiger partial charge on any atom is 0.270 e. The average molecular weight is 524 g/mol. The molecule has 2 bridgehead atoms. The summed E-state index contributed by atoms with van der Waals surface area (Å²) in [6, 6.07) is 6.62. The molecule has 1 aromatic carbocycles. The van der Waals surface area contributed by atoms with E-state index in [-0.39, 0.29) is 47.8 Å². The molecule has 0 atom stereocenters. The highest BCUT2D eigenvalue weighted by Gasteiger charge is 2.49. The van der Waals surface area contributed by atoms with E-state index in [1.807, 2.05) is 0 Å². The van der Waals surface area contributed by atoms with Gasteiger partial charge in [0.2, 0.25) is 0 Å². The number of carbonyl (C=O) groups excluding carboxylic acids is 3. The molecule has 1 aliphatic heterocycles. The quantitative estimate of drug-likeness (QED) is 0.513. The van der Waals surface area contributed by atoms with Crippen LogP contribution in [0, 0.1) is 11.2 Å². The molecule has 0 saturated heterocycles. The molecule has 198 valence electrons. The fourth-order valence-electron chi connectivity index (χ4n) is 5.77. The number of nitrogens with one attached hydrogen (secondary N) is 2. The lowest BCUT2D eigenvalue weighted by molar-refractivity contribution is -0.121. The maximum atomic E-state index is 14.5. The average Bonchev–Trinajstić information content (AvgIpc) is 3.31. The third kappa shape index (κ3) is 4.50. The summed E-state index contributed by atoms with van der Waals surface area (Å²) in [5.41, 5.74) is -0.0896. The van der Waals surface area contributed by atoms with Crippen molar-refractivity contribution < 1.29 is 27.9 Å². The smallest absolute Gasteiger partial charge is 0.270 e. The van der Waals surface area contributed by atoms with Crippen LogP contribution in [0.1, 0.15) is 70.6 Å². The van der Waals surface area contributed by atoms with E-state index in [0.29, 0.717) is 50.8 Å². The number of ketones is 1. The van der Waals surface area contributed by atoms with Crippen LogP contribution < -0.4 is 15.4 Å². The number of hydrogen-bond acceptors (Lipinski definition) is 6.